The van der Waals surface area contributed by atoms with Gasteiger partial charge < -0.3 is 15.6 Å². The second-order valence-electron chi connectivity index (χ2n) is 3.62. The Bertz CT molecular complexity index is 368. The van der Waals surface area contributed by atoms with Gasteiger partial charge in [0, 0.05) is 0 Å². The van der Waals surface area contributed by atoms with Crippen LogP contribution in [0.25, 0.3) is 0 Å². The molecule has 17 heavy (non-hydrogen) atoms. The number of aliphatic hydroxyl groups excluding tert-OH is 1. The minimum Gasteiger partial charge on any atom is -0.406 e. The maximum absolute atomic E-state index is 12.0. The summed E-state index contributed by atoms with van der Waals surface area (Å²) in [6.07, 6.45) is -5.10. The summed E-state index contributed by atoms with van der Waals surface area (Å²) in [5.74, 6) is -0.339. The standard InChI is InChI=1S/C11H14F3NO2/c1-2-9(16)10(15)7-4-3-5-8(6-7)17-11(12,13)14/h3-6,9-10,16H,2,15H2,1H3/t9-,10+/m1/s1. The Morgan fingerprint density at radius 2 is 2.06 bits per heavy atom. The van der Waals surface area contributed by atoms with Crippen LogP contribution in [0.1, 0.15) is 24.9 Å². The van der Waals surface area contributed by atoms with Crippen LogP contribution in [0, 0.1) is 0 Å². The van der Waals surface area contributed by atoms with Crippen LogP contribution in [0.3, 0.4) is 0 Å². The Morgan fingerprint density at radius 3 is 2.59 bits per heavy atom. The normalized spacial score (nSPS) is 15.4. The van der Waals surface area contributed by atoms with E-state index in [1.165, 1.54) is 18.2 Å². The van der Waals surface area contributed by atoms with Gasteiger partial charge in [-0.2, -0.15) is 0 Å². The van der Waals surface area contributed by atoms with Crippen LogP contribution in [0.15, 0.2) is 24.3 Å². The largest absolute Gasteiger partial charge is 0.573 e. The first-order chi connectivity index (χ1) is 7.83. The van der Waals surface area contributed by atoms with Crippen molar-refractivity contribution in [2.45, 2.75) is 31.9 Å². The average Bonchev–Trinajstić information content (AvgIpc) is 2.25. The van der Waals surface area contributed by atoms with Crippen molar-refractivity contribution < 1.29 is 23.0 Å². The van der Waals surface area contributed by atoms with Gasteiger partial charge in [-0.25, -0.2) is 0 Å². The second kappa shape index (κ2) is 5.37. The number of ether oxygens (including phenoxy) is 1. The Labute approximate surface area is 97.0 Å². The molecule has 0 saturated carbocycles. The van der Waals surface area contributed by atoms with Gasteiger partial charge in [0.2, 0.25) is 0 Å². The first-order valence-electron chi connectivity index (χ1n) is 5.13. The van der Waals surface area contributed by atoms with Crippen molar-refractivity contribution in [3.8, 4) is 5.75 Å². The number of aliphatic hydroxyl groups is 1. The summed E-state index contributed by atoms with van der Waals surface area (Å²) >= 11 is 0. The Kier molecular flexibility index (Phi) is 4.36. The number of hydrogen-bond acceptors (Lipinski definition) is 3. The molecule has 96 valence electrons. The average molecular weight is 249 g/mol. The van der Waals surface area contributed by atoms with Gasteiger partial charge in [-0.15, -0.1) is 13.2 Å². The highest BCUT2D eigenvalue weighted by molar-refractivity contribution is 5.31. The summed E-state index contributed by atoms with van der Waals surface area (Å²) in [5, 5.41) is 9.52. The third-order valence-electron chi connectivity index (χ3n) is 2.31. The molecule has 0 aliphatic heterocycles. The van der Waals surface area contributed by atoms with Crippen LogP contribution < -0.4 is 10.5 Å². The number of alkyl halides is 3. The maximum atomic E-state index is 12.0. The lowest BCUT2D eigenvalue weighted by atomic mass is 10.0. The van der Waals surface area contributed by atoms with Gasteiger partial charge in [0.25, 0.3) is 0 Å². The molecule has 1 aromatic rings. The van der Waals surface area contributed by atoms with Gasteiger partial charge in [0.15, 0.2) is 0 Å². The molecule has 1 aromatic carbocycles. The van der Waals surface area contributed by atoms with E-state index < -0.39 is 18.5 Å². The minimum atomic E-state index is -4.73. The highest BCUT2D eigenvalue weighted by atomic mass is 19.4. The zero-order valence-corrected chi connectivity index (χ0v) is 9.24. The summed E-state index contributed by atoms with van der Waals surface area (Å²) < 4.78 is 39.8. The third kappa shape index (κ3) is 4.24. The summed E-state index contributed by atoms with van der Waals surface area (Å²) in [6, 6.07) is 4.58. The fraction of sp³-hybridized carbons (Fsp3) is 0.455. The van der Waals surface area contributed by atoms with Crippen molar-refractivity contribution in [1.82, 2.24) is 0 Å². The van der Waals surface area contributed by atoms with E-state index in [1.807, 2.05) is 0 Å². The molecule has 0 unspecified atom stereocenters. The van der Waals surface area contributed by atoms with Crippen molar-refractivity contribution >= 4 is 0 Å². The third-order valence-corrected chi connectivity index (χ3v) is 2.31. The highest BCUT2D eigenvalue weighted by Crippen LogP contribution is 2.26. The molecule has 0 radical (unpaired) electrons. The predicted molar refractivity (Wildman–Crippen MR) is 56.4 cm³/mol. The zero-order valence-electron chi connectivity index (χ0n) is 9.24. The van der Waals surface area contributed by atoms with E-state index in [9.17, 15) is 18.3 Å². The highest BCUT2D eigenvalue weighted by Gasteiger charge is 2.31. The van der Waals surface area contributed by atoms with Crippen molar-refractivity contribution in [3.63, 3.8) is 0 Å². The maximum Gasteiger partial charge on any atom is 0.573 e. The Hall–Kier alpha value is -1.27. The summed E-state index contributed by atoms with van der Waals surface area (Å²) in [4.78, 5) is 0. The van der Waals surface area contributed by atoms with Crippen molar-refractivity contribution in [1.29, 1.82) is 0 Å². The molecule has 2 atom stereocenters. The lowest BCUT2D eigenvalue weighted by Crippen LogP contribution is -2.25. The number of hydrogen-bond donors (Lipinski definition) is 2. The van der Waals surface area contributed by atoms with Gasteiger partial charge in [-0.3, -0.25) is 0 Å². The van der Waals surface area contributed by atoms with Gasteiger partial charge in [-0.05, 0) is 24.1 Å². The van der Waals surface area contributed by atoms with E-state index in [0.717, 1.165) is 0 Å². The topological polar surface area (TPSA) is 55.5 Å². The smallest absolute Gasteiger partial charge is 0.406 e. The van der Waals surface area contributed by atoms with Crippen molar-refractivity contribution in [2.24, 2.45) is 5.73 Å². The predicted octanol–water partition coefficient (Wildman–Crippen LogP) is 2.36. The fourth-order valence-electron chi connectivity index (χ4n) is 1.40. The molecule has 0 aliphatic carbocycles. The molecule has 0 saturated heterocycles. The van der Waals surface area contributed by atoms with Crippen LogP contribution >= 0.6 is 0 Å². The molecule has 0 amide bonds. The number of halogens is 3. The lowest BCUT2D eigenvalue weighted by Gasteiger charge is -2.18. The van der Waals surface area contributed by atoms with E-state index in [4.69, 9.17) is 5.73 Å². The van der Waals surface area contributed by atoms with E-state index in [-0.39, 0.29) is 5.75 Å². The molecule has 0 heterocycles. The molecule has 0 bridgehead atoms. The quantitative estimate of drug-likeness (QED) is 0.861. The monoisotopic (exact) mass is 249 g/mol. The number of rotatable bonds is 4. The Balaban J connectivity index is 2.86. The van der Waals surface area contributed by atoms with Crippen LogP contribution in [0.2, 0.25) is 0 Å². The summed E-state index contributed by atoms with van der Waals surface area (Å²) in [7, 11) is 0. The van der Waals surface area contributed by atoms with Crippen LogP contribution in [0.5, 0.6) is 5.75 Å². The van der Waals surface area contributed by atoms with Crippen LogP contribution in [0.4, 0.5) is 13.2 Å². The van der Waals surface area contributed by atoms with E-state index in [1.54, 1.807) is 13.0 Å². The molecular weight excluding hydrogens is 235 g/mol. The van der Waals surface area contributed by atoms with Gasteiger partial charge in [0.05, 0.1) is 12.1 Å². The van der Waals surface area contributed by atoms with E-state index >= 15 is 0 Å². The van der Waals surface area contributed by atoms with Crippen molar-refractivity contribution in [2.75, 3.05) is 0 Å². The SMILES string of the molecule is CC[C@@H](O)[C@@H](N)c1cccc(OC(F)(F)F)c1. The van der Waals surface area contributed by atoms with Gasteiger partial charge in [0.1, 0.15) is 5.75 Å². The molecule has 3 nitrogen and oxygen atoms in total. The molecule has 1 rings (SSSR count). The minimum absolute atomic E-state index is 0.339. The van der Waals surface area contributed by atoms with E-state index in [0.29, 0.717) is 12.0 Å². The molecule has 0 spiro atoms. The number of nitrogens with two attached hydrogens (primary N) is 1. The van der Waals surface area contributed by atoms with Gasteiger partial charge in [-0.1, -0.05) is 19.1 Å². The Morgan fingerprint density at radius 1 is 1.41 bits per heavy atom. The first-order valence-corrected chi connectivity index (χ1v) is 5.13. The van der Waals surface area contributed by atoms with E-state index in [2.05, 4.69) is 4.74 Å². The fourth-order valence-corrected chi connectivity index (χ4v) is 1.40. The van der Waals surface area contributed by atoms with Gasteiger partial charge >= 0.3 is 6.36 Å². The van der Waals surface area contributed by atoms with Crippen LogP contribution in [-0.2, 0) is 0 Å². The van der Waals surface area contributed by atoms with Crippen molar-refractivity contribution in [3.05, 3.63) is 29.8 Å². The number of benzene rings is 1. The molecular formula is C11H14F3NO2. The zero-order chi connectivity index (χ0) is 13.1. The molecule has 6 heteroatoms. The summed E-state index contributed by atoms with van der Waals surface area (Å²) in [6.45, 7) is 1.74. The molecule has 0 aromatic heterocycles. The first kappa shape index (κ1) is 13.8. The van der Waals surface area contributed by atoms with Crippen LogP contribution in [-0.4, -0.2) is 17.6 Å². The summed E-state index contributed by atoms with van der Waals surface area (Å²) in [5.41, 5.74) is 6.10. The lowest BCUT2D eigenvalue weighted by molar-refractivity contribution is -0.274. The molecule has 0 fully saturated rings. The molecule has 0 aliphatic rings. The second-order valence-corrected chi connectivity index (χ2v) is 3.62. The molecule has 3 N–H and O–H groups in total.